The Kier molecular flexibility index (Phi) is 9.12. The Hall–Kier alpha value is -3.59. The standard InChI is InChI=1S/C30H35NO7S/c1-6-10-19-27(30(34)38-8-3)24(17-12-13-21(35-4)22(15-17)36-5)26-20(31-19)16-18(23-11-9-14-39-23)25(28(26)32)29(33)37-7-2/h9,11-15,18,24-25,31H,6-8,10,16H2,1-5H3/t18-,24+,25+/m0/s1. The third kappa shape index (κ3) is 5.45. The number of nitrogens with one attached hydrogen (secondary N) is 1. The van der Waals surface area contributed by atoms with Crippen LogP contribution in [0, 0.1) is 5.92 Å². The number of carbonyl (C=O) groups is 3. The van der Waals surface area contributed by atoms with Gasteiger partial charge in [-0.1, -0.05) is 25.5 Å². The second-order valence-electron chi connectivity index (χ2n) is 9.35. The zero-order chi connectivity index (χ0) is 28.1. The fourth-order valence-corrected chi connectivity index (χ4v) is 6.35. The average molecular weight is 554 g/mol. The minimum absolute atomic E-state index is 0.164. The molecule has 1 aliphatic carbocycles. The second kappa shape index (κ2) is 12.5. The van der Waals surface area contributed by atoms with Gasteiger partial charge in [0.05, 0.1) is 33.0 Å². The van der Waals surface area contributed by atoms with Crippen molar-refractivity contribution in [2.75, 3.05) is 27.4 Å². The van der Waals surface area contributed by atoms with Crippen LogP contribution in [0.15, 0.2) is 58.3 Å². The molecule has 1 aliphatic heterocycles. The molecular formula is C30H35NO7S. The van der Waals surface area contributed by atoms with Gasteiger partial charge in [0.15, 0.2) is 17.3 Å². The van der Waals surface area contributed by atoms with Gasteiger partial charge < -0.3 is 24.3 Å². The Bertz CT molecular complexity index is 1290. The van der Waals surface area contributed by atoms with Crippen molar-refractivity contribution in [3.63, 3.8) is 0 Å². The van der Waals surface area contributed by atoms with Gasteiger partial charge in [-0.25, -0.2) is 4.79 Å². The lowest BCUT2D eigenvalue weighted by molar-refractivity contribution is -0.152. The smallest absolute Gasteiger partial charge is 0.336 e. The van der Waals surface area contributed by atoms with Crippen LogP contribution < -0.4 is 14.8 Å². The molecule has 0 spiro atoms. The highest BCUT2D eigenvalue weighted by Gasteiger charge is 2.49. The van der Waals surface area contributed by atoms with Crippen molar-refractivity contribution >= 4 is 29.1 Å². The van der Waals surface area contributed by atoms with E-state index in [1.165, 1.54) is 18.4 Å². The van der Waals surface area contributed by atoms with Gasteiger partial charge in [0, 0.05) is 33.7 Å². The summed E-state index contributed by atoms with van der Waals surface area (Å²) in [6.07, 6.45) is 1.80. The molecular weight excluding hydrogens is 518 g/mol. The number of thiophene rings is 1. The van der Waals surface area contributed by atoms with E-state index in [0.29, 0.717) is 41.1 Å². The summed E-state index contributed by atoms with van der Waals surface area (Å²) in [6.45, 7) is 5.86. The third-order valence-corrected chi connectivity index (χ3v) is 8.09. The second-order valence-corrected chi connectivity index (χ2v) is 10.3. The SMILES string of the molecule is CCCC1=C(C(=O)OCC)[C@H](c2ccc(OC)c(OC)c2)C2=C(C[C@@H](c3cccs3)[C@@H](C(=O)OCC)C2=O)N1. The summed E-state index contributed by atoms with van der Waals surface area (Å²) in [5.41, 5.74) is 2.87. The van der Waals surface area contributed by atoms with E-state index in [1.54, 1.807) is 33.1 Å². The molecule has 2 aliphatic rings. The van der Waals surface area contributed by atoms with Crippen molar-refractivity contribution < 1.29 is 33.3 Å². The lowest BCUT2D eigenvalue weighted by Crippen LogP contribution is -2.43. The Morgan fingerprint density at radius 2 is 1.77 bits per heavy atom. The maximum absolute atomic E-state index is 14.4. The van der Waals surface area contributed by atoms with Crippen LogP contribution in [0.3, 0.4) is 0 Å². The first kappa shape index (κ1) is 28.4. The molecule has 8 nitrogen and oxygen atoms in total. The molecule has 1 aromatic carbocycles. The van der Waals surface area contributed by atoms with Gasteiger partial charge in [0.1, 0.15) is 5.92 Å². The van der Waals surface area contributed by atoms with E-state index in [0.717, 1.165) is 22.7 Å². The number of methoxy groups -OCH3 is 2. The highest BCUT2D eigenvalue weighted by Crippen LogP contribution is 2.50. The first-order valence-corrected chi connectivity index (χ1v) is 14.1. The van der Waals surface area contributed by atoms with Crippen molar-refractivity contribution in [3.8, 4) is 11.5 Å². The van der Waals surface area contributed by atoms with Gasteiger partial charge in [0.2, 0.25) is 0 Å². The largest absolute Gasteiger partial charge is 0.493 e. The van der Waals surface area contributed by atoms with Gasteiger partial charge in [0.25, 0.3) is 0 Å². The molecule has 4 rings (SSSR count). The van der Waals surface area contributed by atoms with Crippen molar-refractivity contribution in [2.45, 2.75) is 51.9 Å². The van der Waals surface area contributed by atoms with Crippen molar-refractivity contribution in [1.29, 1.82) is 0 Å². The summed E-state index contributed by atoms with van der Waals surface area (Å²) >= 11 is 1.51. The van der Waals surface area contributed by atoms with Gasteiger partial charge in [-0.05, 0) is 55.8 Å². The predicted molar refractivity (Wildman–Crippen MR) is 148 cm³/mol. The quantitative estimate of drug-likeness (QED) is 0.314. The van der Waals surface area contributed by atoms with E-state index in [2.05, 4.69) is 5.32 Å². The molecule has 0 fully saturated rings. The molecule has 2 heterocycles. The number of carbonyl (C=O) groups excluding carboxylic acids is 3. The Morgan fingerprint density at radius 3 is 2.38 bits per heavy atom. The van der Waals surface area contributed by atoms with Gasteiger partial charge in [-0.2, -0.15) is 0 Å². The Balaban J connectivity index is 1.95. The summed E-state index contributed by atoms with van der Waals surface area (Å²) in [5.74, 6) is -2.56. The predicted octanol–water partition coefficient (Wildman–Crippen LogP) is 5.26. The topological polar surface area (TPSA) is 100 Å². The molecule has 1 N–H and O–H groups in total. The molecule has 0 radical (unpaired) electrons. The lowest BCUT2D eigenvalue weighted by Gasteiger charge is -2.39. The van der Waals surface area contributed by atoms with Crippen LogP contribution in [0.4, 0.5) is 0 Å². The van der Waals surface area contributed by atoms with Gasteiger partial charge in [-0.15, -0.1) is 11.3 Å². The average Bonchev–Trinajstić information content (AvgIpc) is 3.47. The van der Waals surface area contributed by atoms with E-state index >= 15 is 0 Å². The molecule has 0 unspecified atom stereocenters. The maximum atomic E-state index is 14.4. The van der Waals surface area contributed by atoms with E-state index in [9.17, 15) is 14.4 Å². The minimum atomic E-state index is -1.03. The summed E-state index contributed by atoms with van der Waals surface area (Å²) in [6, 6.07) is 9.22. The monoisotopic (exact) mass is 553 g/mol. The highest BCUT2D eigenvalue weighted by atomic mass is 32.1. The summed E-state index contributed by atoms with van der Waals surface area (Å²) in [5, 5.41) is 5.38. The molecule has 0 amide bonds. The van der Waals surface area contributed by atoms with Crippen molar-refractivity contribution in [1.82, 2.24) is 5.32 Å². The van der Waals surface area contributed by atoms with E-state index in [4.69, 9.17) is 18.9 Å². The summed E-state index contributed by atoms with van der Waals surface area (Å²) in [7, 11) is 3.08. The minimum Gasteiger partial charge on any atom is -0.493 e. The van der Waals surface area contributed by atoms with Crippen LogP contribution >= 0.6 is 11.3 Å². The summed E-state index contributed by atoms with van der Waals surface area (Å²) in [4.78, 5) is 42.1. The molecule has 9 heteroatoms. The molecule has 39 heavy (non-hydrogen) atoms. The molecule has 0 saturated carbocycles. The van der Waals surface area contributed by atoms with Gasteiger partial charge >= 0.3 is 11.9 Å². The first-order valence-electron chi connectivity index (χ1n) is 13.3. The van der Waals surface area contributed by atoms with E-state index in [-0.39, 0.29) is 24.9 Å². The number of rotatable bonds is 10. The van der Waals surface area contributed by atoms with Crippen LogP contribution in [0.1, 0.15) is 62.3 Å². The normalized spacial score (nSPS) is 20.7. The van der Waals surface area contributed by atoms with E-state index < -0.39 is 23.8 Å². The van der Waals surface area contributed by atoms with Crippen LogP contribution in [-0.2, 0) is 23.9 Å². The number of ether oxygens (including phenoxy) is 4. The van der Waals surface area contributed by atoms with Crippen molar-refractivity contribution in [2.24, 2.45) is 5.92 Å². The molecule has 0 saturated heterocycles. The molecule has 2 aromatic rings. The number of esters is 2. The Morgan fingerprint density at radius 1 is 1.03 bits per heavy atom. The fourth-order valence-electron chi connectivity index (χ4n) is 5.48. The number of allylic oxidation sites excluding steroid dienone is 3. The number of hydrogen-bond acceptors (Lipinski definition) is 9. The number of Topliss-reactive ketones (excluding diaryl/α,β-unsaturated/α-hetero) is 1. The zero-order valence-corrected chi connectivity index (χ0v) is 23.8. The fraction of sp³-hybridized carbons (Fsp3) is 0.433. The lowest BCUT2D eigenvalue weighted by atomic mass is 9.68. The zero-order valence-electron chi connectivity index (χ0n) is 23.0. The summed E-state index contributed by atoms with van der Waals surface area (Å²) < 4.78 is 21.9. The molecule has 0 bridgehead atoms. The van der Waals surface area contributed by atoms with Crippen molar-refractivity contribution in [3.05, 3.63) is 68.7 Å². The number of ketones is 1. The molecule has 208 valence electrons. The van der Waals surface area contributed by atoms with Crippen LogP contribution in [0.2, 0.25) is 0 Å². The van der Waals surface area contributed by atoms with Crippen LogP contribution in [0.5, 0.6) is 11.5 Å². The van der Waals surface area contributed by atoms with Crippen LogP contribution in [-0.4, -0.2) is 45.2 Å². The van der Waals surface area contributed by atoms with E-state index in [1.807, 2.05) is 30.5 Å². The Labute approximate surface area is 233 Å². The number of hydrogen-bond donors (Lipinski definition) is 1. The van der Waals surface area contributed by atoms with Crippen LogP contribution in [0.25, 0.3) is 0 Å². The van der Waals surface area contributed by atoms with Gasteiger partial charge in [-0.3, -0.25) is 9.59 Å². The third-order valence-electron chi connectivity index (χ3n) is 7.09. The highest BCUT2D eigenvalue weighted by molar-refractivity contribution is 7.10. The first-order chi connectivity index (χ1) is 18.9. The molecule has 1 aromatic heterocycles. The number of dihydropyridines is 1. The molecule has 3 atom stereocenters. The maximum Gasteiger partial charge on any atom is 0.336 e. The number of benzene rings is 1.